The van der Waals surface area contributed by atoms with E-state index in [1.165, 1.54) is 7.11 Å². The third-order valence-electron chi connectivity index (χ3n) is 3.69. The van der Waals surface area contributed by atoms with Crippen molar-refractivity contribution in [2.24, 2.45) is 0 Å². The molecule has 0 aliphatic carbocycles. The number of nitrogens with zero attached hydrogens (tertiary/aromatic N) is 1. The maximum absolute atomic E-state index is 11.5. The predicted octanol–water partition coefficient (Wildman–Crippen LogP) is 3.20. The summed E-state index contributed by atoms with van der Waals surface area (Å²) in [5.41, 5.74) is 1.56. The molecular formula is C19H15NO5. The van der Waals surface area contributed by atoms with Gasteiger partial charge in [-0.3, -0.25) is 0 Å². The number of aliphatic hydroxyl groups excluding tert-OH is 1. The SMILES string of the molecule is COC(=O)c1cc2ccc(OCC(O)c3cccc(C#N)c3)cc2o1. The number of furan rings is 1. The first-order valence-electron chi connectivity index (χ1n) is 7.53. The Morgan fingerprint density at radius 3 is 2.88 bits per heavy atom. The molecule has 1 unspecified atom stereocenters. The maximum Gasteiger partial charge on any atom is 0.373 e. The van der Waals surface area contributed by atoms with Crippen LogP contribution in [0.15, 0.2) is 52.9 Å². The summed E-state index contributed by atoms with van der Waals surface area (Å²) in [6.07, 6.45) is -0.869. The van der Waals surface area contributed by atoms with Gasteiger partial charge in [0.25, 0.3) is 0 Å². The van der Waals surface area contributed by atoms with Crippen molar-refractivity contribution in [2.45, 2.75) is 6.10 Å². The van der Waals surface area contributed by atoms with Crippen LogP contribution in [0.1, 0.15) is 27.8 Å². The second-order valence-electron chi connectivity index (χ2n) is 5.37. The molecule has 3 aromatic rings. The molecule has 6 nitrogen and oxygen atoms in total. The number of hydrogen-bond acceptors (Lipinski definition) is 6. The average Bonchev–Trinajstić information content (AvgIpc) is 3.08. The van der Waals surface area contributed by atoms with Gasteiger partial charge < -0.3 is 19.0 Å². The molecule has 0 saturated heterocycles. The van der Waals surface area contributed by atoms with Crippen LogP contribution < -0.4 is 4.74 Å². The van der Waals surface area contributed by atoms with Crippen LogP contribution in [0.2, 0.25) is 0 Å². The fraction of sp³-hybridized carbons (Fsp3) is 0.158. The Bertz CT molecular complexity index is 954. The summed E-state index contributed by atoms with van der Waals surface area (Å²) in [6.45, 7) is 0.0188. The minimum absolute atomic E-state index is 0.0188. The van der Waals surface area contributed by atoms with Crippen LogP contribution in [0.5, 0.6) is 5.75 Å². The number of fused-ring (bicyclic) bond motifs is 1. The Balaban J connectivity index is 1.72. The molecule has 0 bridgehead atoms. The average molecular weight is 337 g/mol. The molecule has 1 atom stereocenters. The monoisotopic (exact) mass is 337 g/mol. The highest BCUT2D eigenvalue weighted by molar-refractivity contribution is 5.92. The molecule has 3 rings (SSSR count). The number of methoxy groups -OCH3 is 1. The predicted molar refractivity (Wildman–Crippen MR) is 89.2 cm³/mol. The van der Waals surface area contributed by atoms with Crippen LogP contribution in [-0.4, -0.2) is 24.8 Å². The van der Waals surface area contributed by atoms with Gasteiger partial charge in [-0.1, -0.05) is 12.1 Å². The topological polar surface area (TPSA) is 92.7 Å². The van der Waals surface area contributed by atoms with E-state index in [4.69, 9.17) is 14.4 Å². The van der Waals surface area contributed by atoms with Crippen molar-refractivity contribution >= 4 is 16.9 Å². The van der Waals surface area contributed by atoms with Crippen LogP contribution in [0.4, 0.5) is 0 Å². The highest BCUT2D eigenvalue weighted by atomic mass is 16.5. The number of hydrogen-bond donors (Lipinski definition) is 1. The third-order valence-corrected chi connectivity index (χ3v) is 3.69. The fourth-order valence-corrected chi connectivity index (χ4v) is 2.39. The summed E-state index contributed by atoms with van der Waals surface area (Å²) in [4.78, 5) is 11.5. The molecule has 25 heavy (non-hydrogen) atoms. The van der Waals surface area contributed by atoms with Gasteiger partial charge >= 0.3 is 5.97 Å². The first-order valence-corrected chi connectivity index (χ1v) is 7.53. The van der Waals surface area contributed by atoms with Crippen LogP contribution in [0, 0.1) is 11.3 Å². The van der Waals surface area contributed by atoms with Crippen molar-refractivity contribution in [1.29, 1.82) is 5.26 Å². The third kappa shape index (κ3) is 3.62. The molecule has 0 aliphatic heterocycles. The molecule has 1 aromatic heterocycles. The summed E-state index contributed by atoms with van der Waals surface area (Å²) in [5, 5.41) is 19.9. The lowest BCUT2D eigenvalue weighted by atomic mass is 10.1. The maximum atomic E-state index is 11.5. The molecule has 6 heteroatoms. The van der Waals surface area contributed by atoms with Crippen molar-refractivity contribution in [1.82, 2.24) is 0 Å². The highest BCUT2D eigenvalue weighted by Gasteiger charge is 2.14. The van der Waals surface area contributed by atoms with Crippen LogP contribution in [0.25, 0.3) is 11.0 Å². The van der Waals surface area contributed by atoms with E-state index in [0.717, 1.165) is 5.39 Å². The molecule has 0 fully saturated rings. The first kappa shape index (κ1) is 16.6. The van der Waals surface area contributed by atoms with Crippen LogP contribution in [-0.2, 0) is 4.74 Å². The van der Waals surface area contributed by atoms with E-state index in [1.807, 2.05) is 6.07 Å². The van der Waals surface area contributed by atoms with Crippen LogP contribution >= 0.6 is 0 Å². The van der Waals surface area contributed by atoms with Gasteiger partial charge in [-0.15, -0.1) is 0 Å². The standard InChI is InChI=1S/C19H15NO5/c1-23-19(22)18-8-14-5-6-15(9-17(14)25-18)24-11-16(21)13-4-2-3-12(7-13)10-20/h2-9,16,21H,11H2,1H3. The van der Waals surface area contributed by atoms with Crippen molar-refractivity contribution in [3.05, 3.63) is 65.4 Å². The zero-order valence-electron chi connectivity index (χ0n) is 13.4. The summed E-state index contributed by atoms with van der Waals surface area (Å²) in [7, 11) is 1.28. The summed E-state index contributed by atoms with van der Waals surface area (Å²) < 4.78 is 15.6. The smallest absolute Gasteiger partial charge is 0.373 e. The lowest BCUT2D eigenvalue weighted by Crippen LogP contribution is -2.09. The Labute approximate surface area is 143 Å². The van der Waals surface area contributed by atoms with E-state index in [2.05, 4.69) is 4.74 Å². The quantitative estimate of drug-likeness (QED) is 0.719. The Morgan fingerprint density at radius 2 is 2.12 bits per heavy atom. The van der Waals surface area contributed by atoms with Crippen molar-refractivity contribution in [3.8, 4) is 11.8 Å². The molecule has 2 aromatic carbocycles. The van der Waals surface area contributed by atoms with Crippen molar-refractivity contribution in [2.75, 3.05) is 13.7 Å². The van der Waals surface area contributed by atoms with Gasteiger partial charge in [0.15, 0.2) is 0 Å². The largest absolute Gasteiger partial charge is 0.490 e. The summed E-state index contributed by atoms with van der Waals surface area (Å²) in [6, 6.07) is 15.5. The van der Waals surface area contributed by atoms with E-state index in [9.17, 15) is 9.90 Å². The van der Waals surface area contributed by atoms with Gasteiger partial charge in [-0.05, 0) is 35.9 Å². The molecule has 0 radical (unpaired) electrons. The minimum Gasteiger partial charge on any atom is -0.490 e. The fourth-order valence-electron chi connectivity index (χ4n) is 2.39. The Kier molecular flexibility index (Phi) is 4.68. The van der Waals surface area contributed by atoms with Gasteiger partial charge in [0, 0.05) is 11.5 Å². The molecule has 0 aliphatic rings. The lowest BCUT2D eigenvalue weighted by Gasteiger charge is -2.13. The Morgan fingerprint density at radius 1 is 1.28 bits per heavy atom. The van der Waals surface area contributed by atoms with Crippen LogP contribution in [0.3, 0.4) is 0 Å². The molecule has 0 amide bonds. The van der Waals surface area contributed by atoms with Gasteiger partial charge in [-0.25, -0.2) is 4.79 Å². The molecule has 126 valence electrons. The number of aliphatic hydroxyl groups is 1. The van der Waals surface area contributed by atoms with E-state index in [-0.39, 0.29) is 12.4 Å². The molecule has 1 N–H and O–H groups in total. The zero-order valence-corrected chi connectivity index (χ0v) is 13.4. The van der Waals surface area contributed by atoms with Crippen molar-refractivity contribution < 1.29 is 23.8 Å². The zero-order chi connectivity index (χ0) is 17.8. The van der Waals surface area contributed by atoms with Crippen molar-refractivity contribution in [3.63, 3.8) is 0 Å². The minimum atomic E-state index is -0.869. The van der Waals surface area contributed by atoms with E-state index < -0.39 is 12.1 Å². The number of benzene rings is 2. The van der Waals surface area contributed by atoms with E-state index in [0.29, 0.717) is 22.5 Å². The van der Waals surface area contributed by atoms with E-state index in [1.54, 1.807) is 48.5 Å². The van der Waals surface area contributed by atoms with Gasteiger partial charge in [0.1, 0.15) is 24.0 Å². The number of carbonyl (C=O) groups is 1. The normalized spacial score (nSPS) is 11.7. The van der Waals surface area contributed by atoms with Gasteiger partial charge in [0.05, 0.1) is 18.7 Å². The van der Waals surface area contributed by atoms with Gasteiger partial charge in [-0.2, -0.15) is 5.26 Å². The number of esters is 1. The first-order chi connectivity index (χ1) is 12.1. The molecule has 1 heterocycles. The van der Waals surface area contributed by atoms with E-state index >= 15 is 0 Å². The summed E-state index contributed by atoms with van der Waals surface area (Å²) >= 11 is 0. The summed E-state index contributed by atoms with van der Waals surface area (Å²) in [5.74, 6) is 0.0585. The number of ether oxygens (including phenoxy) is 2. The second kappa shape index (κ2) is 7.07. The van der Waals surface area contributed by atoms with Gasteiger partial charge in [0.2, 0.25) is 5.76 Å². The molecule has 0 spiro atoms. The number of nitriles is 1. The molecule has 0 saturated carbocycles. The molecular weight excluding hydrogens is 322 g/mol. The lowest BCUT2D eigenvalue weighted by molar-refractivity contribution is 0.0567. The Hall–Kier alpha value is -3.30. The second-order valence-corrected chi connectivity index (χ2v) is 5.37. The highest BCUT2D eigenvalue weighted by Crippen LogP contribution is 2.25. The number of carbonyl (C=O) groups excluding carboxylic acids is 1. The number of rotatable bonds is 5.